The average molecular weight is 440 g/mol. The Kier molecular flexibility index (Phi) is 7.64. The van der Waals surface area contributed by atoms with Gasteiger partial charge < -0.3 is 5.32 Å². The number of nitrogens with zero attached hydrogens (tertiary/aromatic N) is 2. The van der Waals surface area contributed by atoms with E-state index in [1.807, 2.05) is 71.3 Å². The van der Waals surface area contributed by atoms with Crippen LogP contribution in [0.15, 0.2) is 85.2 Å². The molecule has 0 bridgehead atoms. The second-order valence-corrected chi connectivity index (χ2v) is 8.21. The molecular weight excluding hydrogens is 410 g/mol. The summed E-state index contributed by atoms with van der Waals surface area (Å²) in [5.74, 6) is 0.164. The van der Waals surface area contributed by atoms with E-state index in [0.717, 1.165) is 47.0 Å². The van der Waals surface area contributed by atoms with E-state index in [4.69, 9.17) is 0 Å². The number of benzene rings is 2. The molecule has 0 aliphatic heterocycles. The molecule has 2 aromatic carbocycles. The normalized spacial score (nSPS) is 10.9. The summed E-state index contributed by atoms with van der Waals surface area (Å²) in [7, 11) is 0. The molecular formula is C28H29N3O2. The first kappa shape index (κ1) is 22.5. The minimum atomic E-state index is 0.0567. The van der Waals surface area contributed by atoms with Gasteiger partial charge in [0.15, 0.2) is 0 Å². The van der Waals surface area contributed by atoms with Crippen LogP contribution in [0, 0.1) is 0 Å². The van der Waals surface area contributed by atoms with Crippen molar-refractivity contribution in [2.24, 2.45) is 0 Å². The Labute approximate surface area is 194 Å². The molecule has 1 amide bonds. The van der Waals surface area contributed by atoms with Crippen molar-refractivity contribution in [2.45, 2.75) is 38.5 Å². The molecule has 5 heteroatoms. The number of aryl methyl sites for hydroxylation is 1. The predicted octanol–water partition coefficient (Wildman–Crippen LogP) is 5.65. The number of pyridine rings is 1. The first-order chi connectivity index (χ1) is 16.2. The van der Waals surface area contributed by atoms with Crippen LogP contribution < -0.4 is 5.32 Å². The van der Waals surface area contributed by atoms with Crippen molar-refractivity contribution in [2.75, 3.05) is 6.54 Å². The molecule has 0 radical (unpaired) electrons. The Morgan fingerprint density at radius 3 is 2.48 bits per heavy atom. The van der Waals surface area contributed by atoms with Gasteiger partial charge in [-0.05, 0) is 48.6 Å². The Morgan fingerprint density at radius 1 is 0.848 bits per heavy atom. The summed E-state index contributed by atoms with van der Waals surface area (Å²) in [4.78, 5) is 29.3. The molecule has 2 aromatic heterocycles. The van der Waals surface area contributed by atoms with Gasteiger partial charge in [-0.3, -0.25) is 19.1 Å². The van der Waals surface area contributed by atoms with Gasteiger partial charge in [0.1, 0.15) is 0 Å². The van der Waals surface area contributed by atoms with E-state index in [9.17, 15) is 9.59 Å². The van der Waals surface area contributed by atoms with Gasteiger partial charge >= 0.3 is 0 Å². The van der Waals surface area contributed by atoms with Crippen molar-refractivity contribution < 1.29 is 9.59 Å². The Hall–Kier alpha value is -3.73. The molecule has 1 N–H and O–H groups in total. The molecule has 4 rings (SSSR count). The number of rotatable bonds is 10. The largest absolute Gasteiger partial charge is 0.356 e. The standard InChI is InChI=1S/C28H29N3O2/c32-27(17-16-22-10-9-18-29-21-22)30-19-8-2-5-15-28(33)31-25-14-7-6-13-24(25)20-26(31)23-11-3-1-4-12-23/h1,3-4,6-7,9-14,18,20-21H,2,5,8,15-17,19H2,(H,30,32). The van der Waals surface area contributed by atoms with Gasteiger partial charge in [0, 0.05) is 37.2 Å². The molecule has 0 saturated heterocycles. The van der Waals surface area contributed by atoms with Crippen molar-refractivity contribution in [3.63, 3.8) is 0 Å². The Bertz CT molecular complexity index is 1200. The van der Waals surface area contributed by atoms with Gasteiger partial charge in [-0.15, -0.1) is 0 Å². The van der Waals surface area contributed by atoms with Crippen molar-refractivity contribution >= 4 is 22.7 Å². The number of fused-ring (bicyclic) bond motifs is 1. The minimum absolute atomic E-state index is 0.0567. The minimum Gasteiger partial charge on any atom is -0.356 e. The number of carbonyl (C=O) groups is 2. The van der Waals surface area contributed by atoms with Gasteiger partial charge in [0.05, 0.1) is 11.2 Å². The van der Waals surface area contributed by atoms with Gasteiger partial charge in [0.25, 0.3) is 0 Å². The molecule has 0 atom stereocenters. The fraction of sp³-hybridized carbons (Fsp3) is 0.250. The molecule has 4 aromatic rings. The summed E-state index contributed by atoms with van der Waals surface area (Å²) in [6.07, 6.45) is 7.73. The molecule has 2 heterocycles. The lowest BCUT2D eigenvalue weighted by molar-refractivity contribution is -0.121. The summed E-state index contributed by atoms with van der Waals surface area (Å²) < 4.78 is 1.85. The zero-order chi connectivity index (χ0) is 22.9. The molecule has 0 unspecified atom stereocenters. The zero-order valence-corrected chi connectivity index (χ0v) is 18.7. The number of para-hydroxylation sites is 1. The van der Waals surface area contributed by atoms with Crippen LogP contribution in [0.5, 0.6) is 0 Å². The van der Waals surface area contributed by atoms with Gasteiger partial charge in [-0.2, -0.15) is 0 Å². The fourth-order valence-corrected chi connectivity index (χ4v) is 4.05. The Balaban J connectivity index is 1.25. The van der Waals surface area contributed by atoms with Crippen molar-refractivity contribution in [3.8, 4) is 11.3 Å². The van der Waals surface area contributed by atoms with Crippen molar-refractivity contribution in [3.05, 3.63) is 90.8 Å². The first-order valence-electron chi connectivity index (χ1n) is 11.6. The summed E-state index contributed by atoms with van der Waals surface area (Å²) in [5, 5.41) is 4.04. The number of carbonyl (C=O) groups excluding carboxylic acids is 2. The first-order valence-corrected chi connectivity index (χ1v) is 11.6. The summed E-state index contributed by atoms with van der Waals surface area (Å²) >= 11 is 0. The monoisotopic (exact) mass is 439 g/mol. The van der Waals surface area contributed by atoms with E-state index in [1.165, 1.54) is 0 Å². The molecule has 0 aliphatic carbocycles. The van der Waals surface area contributed by atoms with E-state index in [-0.39, 0.29) is 11.8 Å². The number of nitrogens with one attached hydrogen (secondary N) is 1. The van der Waals surface area contributed by atoms with Crippen LogP contribution in [0.2, 0.25) is 0 Å². The average Bonchev–Trinajstić information content (AvgIpc) is 3.26. The van der Waals surface area contributed by atoms with Crippen LogP contribution >= 0.6 is 0 Å². The van der Waals surface area contributed by atoms with Crippen molar-refractivity contribution in [1.82, 2.24) is 14.9 Å². The molecule has 33 heavy (non-hydrogen) atoms. The van der Waals surface area contributed by atoms with Crippen LogP contribution in [0.4, 0.5) is 0 Å². The molecule has 0 saturated carbocycles. The van der Waals surface area contributed by atoms with E-state index in [1.54, 1.807) is 12.4 Å². The van der Waals surface area contributed by atoms with E-state index in [2.05, 4.69) is 16.4 Å². The summed E-state index contributed by atoms with van der Waals surface area (Å²) in [5.41, 5.74) is 3.99. The summed E-state index contributed by atoms with van der Waals surface area (Å²) in [6, 6.07) is 24.0. The lowest BCUT2D eigenvalue weighted by atomic mass is 10.1. The fourth-order valence-electron chi connectivity index (χ4n) is 4.05. The van der Waals surface area contributed by atoms with E-state index in [0.29, 0.717) is 25.8 Å². The number of amides is 1. The third kappa shape index (κ3) is 5.95. The lowest BCUT2D eigenvalue weighted by Crippen LogP contribution is -2.24. The van der Waals surface area contributed by atoms with Crippen LogP contribution in [0.3, 0.4) is 0 Å². The smallest absolute Gasteiger partial charge is 0.231 e. The van der Waals surface area contributed by atoms with Crippen LogP contribution in [-0.4, -0.2) is 27.9 Å². The second kappa shape index (κ2) is 11.2. The SMILES string of the molecule is O=C(CCc1cccnc1)NCCCCCC(=O)n1c(-c2ccccc2)cc2ccccc21. The highest BCUT2D eigenvalue weighted by Crippen LogP contribution is 2.28. The highest BCUT2D eigenvalue weighted by Gasteiger charge is 2.16. The Morgan fingerprint density at radius 2 is 1.67 bits per heavy atom. The maximum Gasteiger partial charge on any atom is 0.231 e. The van der Waals surface area contributed by atoms with Crippen LogP contribution in [-0.2, 0) is 11.2 Å². The van der Waals surface area contributed by atoms with E-state index < -0.39 is 0 Å². The quantitative estimate of drug-likeness (QED) is 0.325. The highest BCUT2D eigenvalue weighted by molar-refractivity contribution is 5.98. The number of aromatic nitrogens is 2. The molecule has 5 nitrogen and oxygen atoms in total. The zero-order valence-electron chi connectivity index (χ0n) is 18.7. The highest BCUT2D eigenvalue weighted by atomic mass is 16.2. The lowest BCUT2D eigenvalue weighted by Gasteiger charge is -2.10. The number of hydrogen-bond donors (Lipinski definition) is 1. The molecule has 0 fully saturated rings. The number of unbranched alkanes of at least 4 members (excludes halogenated alkanes) is 2. The maximum absolute atomic E-state index is 13.2. The van der Waals surface area contributed by atoms with Gasteiger partial charge in [-0.1, -0.05) is 61.0 Å². The predicted molar refractivity (Wildman–Crippen MR) is 132 cm³/mol. The third-order valence-electron chi connectivity index (χ3n) is 5.78. The molecule has 0 spiro atoms. The van der Waals surface area contributed by atoms with Gasteiger partial charge in [0.2, 0.25) is 11.8 Å². The molecule has 168 valence electrons. The van der Waals surface area contributed by atoms with E-state index >= 15 is 0 Å². The number of hydrogen-bond acceptors (Lipinski definition) is 3. The van der Waals surface area contributed by atoms with Crippen molar-refractivity contribution in [1.29, 1.82) is 0 Å². The maximum atomic E-state index is 13.2. The third-order valence-corrected chi connectivity index (χ3v) is 5.78. The second-order valence-electron chi connectivity index (χ2n) is 8.21. The van der Waals surface area contributed by atoms with Gasteiger partial charge in [-0.25, -0.2) is 0 Å². The van der Waals surface area contributed by atoms with Crippen LogP contribution in [0.1, 0.15) is 42.5 Å². The topological polar surface area (TPSA) is 64.0 Å². The van der Waals surface area contributed by atoms with Crippen LogP contribution in [0.25, 0.3) is 22.2 Å². The summed E-state index contributed by atoms with van der Waals surface area (Å²) in [6.45, 7) is 0.641. The molecule has 0 aliphatic rings.